The Bertz CT molecular complexity index is 1160. The van der Waals surface area contributed by atoms with Crippen LogP contribution in [0.3, 0.4) is 0 Å². The van der Waals surface area contributed by atoms with Crippen LogP contribution in [0.1, 0.15) is 32.1 Å². The minimum atomic E-state index is 0.0960. The van der Waals surface area contributed by atoms with Crippen LogP contribution in [0.2, 0.25) is 0 Å². The smallest absolute Gasteiger partial charge is 0.224 e. The number of carbonyl (C=O) groups is 1. The van der Waals surface area contributed by atoms with Crippen LogP contribution in [-0.2, 0) is 4.79 Å². The van der Waals surface area contributed by atoms with Crippen LogP contribution in [-0.4, -0.2) is 30.7 Å². The minimum Gasteiger partial charge on any atom is -0.326 e. The van der Waals surface area contributed by atoms with Gasteiger partial charge in [0.25, 0.3) is 0 Å². The number of aromatic nitrogens is 5. The van der Waals surface area contributed by atoms with Gasteiger partial charge in [0.1, 0.15) is 5.69 Å². The topological polar surface area (TPSA) is 85.1 Å². The van der Waals surface area contributed by atoms with Crippen molar-refractivity contribution < 1.29 is 4.79 Å². The first-order valence-electron chi connectivity index (χ1n) is 10.3. The number of carbonyl (C=O) groups excluding carboxylic acids is 1. The Morgan fingerprint density at radius 3 is 2.57 bits per heavy atom. The molecule has 0 aliphatic heterocycles. The molecule has 1 fully saturated rings. The number of anilines is 1. The molecule has 7 nitrogen and oxygen atoms in total. The average molecular weight is 398 g/mol. The molecule has 1 aliphatic rings. The molecule has 7 heteroatoms. The maximum absolute atomic E-state index is 12.3. The lowest BCUT2D eigenvalue weighted by Crippen LogP contribution is -2.15. The normalized spacial score (nSPS) is 14.3. The van der Waals surface area contributed by atoms with Gasteiger partial charge in [0.05, 0.1) is 5.69 Å². The monoisotopic (exact) mass is 398 g/mol. The fourth-order valence-corrected chi connectivity index (χ4v) is 4.01. The number of pyridine rings is 1. The summed E-state index contributed by atoms with van der Waals surface area (Å²) >= 11 is 0. The Morgan fingerprint density at radius 2 is 1.80 bits per heavy atom. The van der Waals surface area contributed by atoms with E-state index in [1.54, 1.807) is 10.7 Å². The van der Waals surface area contributed by atoms with Gasteiger partial charge in [-0.05, 0) is 55.2 Å². The van der Waals surface area contributed by atoms with Crippen LogP contribution >= 0.6 is 0 Å². The summed E-state index contributed by atoms with van der Waals surface area (Å²) in [5.41, 5.74) is 3.93. The first-order valence-corrected chi connectivity index (χ1v) is 10.3. The zero-order chi connectivity index (χ0) is 20.3. The molecular formula is C23H22N6O. The zero-order valence-electron chi connectivity index (χ0n) is 16.5. The fraction of sp³-hybridized carbons (Fsp3) is 0.261. The van der Waals surface area contributed by atoms with E-state index < -0.39 is 0 Å². The Labute approximate surface area is 174 Å². The van der Waals surface area contributed by atoms with Gasteiger partial charge in [-0.3, -0.25) is 9.78 Å². The summed E-state index contributed by atoms with van der Waals surface area (Å²) in [6.07, 6.45) is 7.18. The molecule has 0 saturated heterocycles. The SMILES string of the molecule is O=C(CC1CCCC1)Nc1ccc(-c2ccc3nnc(-c4ccccn4)n3n2)cc1. The predicted octanol–water partition coefficient (Wildman–Crippen LogP) is 4.37. The van der Waals surface area contributed by atoms with Crippen LogP contribution in [0, 0.1) is 5.92 Å². The lowest BCUT2D eigenvalue weighted by Gasteiger charge is -2.10. The molecule has 0 radical (unpaired) electrons. The Kier molecular flexibility index (Phi) is 4.93. The van der Waals surface area contributed by atoms with Crippen LogP contribution in [0.5, 0.6) is 0 Å². The largest absolute Gasteiger partial charge is 0.326 e. The maximum Gasteiger partial charge on any atom is 0.224 e. The van der Waals surface area contributed by atoms with Crippen molar-refractivity contribution in [1.82, 2.24) is 24.8 Å². The molecule has 1 amide bonds. The van der Waals surface area contributed by atoms with Gasteiger partial charge in [0.15, 0.2) is 5.65 Å². The van der Waals surface area contributed by atoms with Crippen LogP contribution in [0.15, 0.2) is 60.8 Å². The van der Waals surface area contributed by atoms with Crippen molar-refractivity contribution in [2.45, 2.75) is 32.1 Å². The summed E-state index contributed by atoms with van der Waals surface area (Å²) in [7, 11) is 0. The second kappa shape index (κ2) is 8.02. The summed E-state index contributed by atoms with van der Waals surface area (Å²) in [6.45, 7) is 0. The van der Waals surface area contributed by atoms with E-state index in [9.17, 15) is 4.79 Å². The summed E-state index contributed by atoms with van der Waals surface area (Å²) in [5, 5.41) is 16.1. The van der Waals surface area contributed by atoms with Crippen molar-refractivity contribution in [1.29, 1.82) is 0 Å². The van der Waals surface area contributed by atoms with Gasteiger partial charge < -0.3 is 5.32 Å². The Morgan fingerprint density at radius 1 is 0.967 bits per heavy atom. The number of hydrogen-bond donors (Lipinski definition) is 1. The molecule has 1 N–H and O–H groups in total. The molecule has 3 aromatic heterocycles. The maximum atomic E-state index is 12.3. The first-order chi connectivity index (χ1) is 14.8. The number of rotatable bonds is 5. The highest BCUT2D eigenvalue weighted by Crippen LogP contribution is 2.28. The molecule has 30 heavy (non-hydrogen) atoms. The Balaban J connectivity index is 1.35. The second-order valence-corrected chi connectivity index (χ2v) is 7.71. The van der Waals surface area contributed by atoms with Crippen LogP contribution < -0.4 is 5.32 Å². The van der Waals surface area contributed by atoms with Gasteiger partial charge in [0.2, 0.25) is 11.7 Å². The fourth-order valence-electron chi connectivity index (χ4n) is 4.01. The van der Waals surface area contributed by atoms with E-state index in [1.165, 1.54) is 25.7 Å². The van der Waals surface area contributed by atoms with E-state index in [-0.39, 0.29) is 5.91 Å². The Hall–Kier alpha value is -3.61. The minimum absolute atomic E-state index is 0.0960. The summed E-state index contributed by atoms with van der Waals surface area (Å²) in [5.74, 6) is 1.24. The van der Waals surface area contributed by atoms with Gasteiger partial charge in [-0.1, -0.05) is 31.0 Å². The number of hydrogen-bond acceptors (Lipinski definition) is 5. The van der Waals surface area contributed by atoms with Gasteiger partial charge in [-0.25, -0.2) is 0 Å². The van der Waals surface area contributed by atoms with E-state index in [2.05, 4.69) is 20.5 Å². The molecule has 0 bridgehead atoms. The molecule has 3 heterocycles. The van der Waals surface area contributed by atoms with E-state index >= 15 is 0 Å². The predicted molar refractivity (Wildman–Crippen MR) is 115 cm³/mol. The molecule has 4 aromatic rings. The van der Waals surface area contributed by atoms with Gasteiger partial charge >= 0.3 is 0 Å². The van der Waals surface area contributed by atoms with Crippen molar-refractivity contribution in [2.24, 2.45) is 5.92 Å². The molecule has 0 unspecified atom stereocenters. The van der Waals surface area contributed by atoms with Crippen molar-refractivity contribution in [3.8, 4) is 22.8 Å². The van der Waals surface area contributed by atoms with Crippen molar-refractivity contribution in [3.63, 3.8) is 0 Å². The summed E-state index contributed by atoms with van der Waals surface area (Å²) < 4.78 is 1.70. The molecule has 5 rings (SSSR count). The van der Waals surface area contributed by atoms with Gasteiger partial charge in [-0.15, -0.1) is 10.2 Å². The zero-order valence-corrected chi connectivity index (χ0v) is 16.5. The van der Waals surface area contributed by atoms with E-state index in [4.69, 9.17) is 5.10 Å². The molecule has 1 saturated carbocycles. The number of amides is 1. The van der Waals surface area contributed by atoms with E-state index in [0.29, 0.717) is 23.8 Å². The quantitative estimate of drug-likeness (QED) is 0.539. The standard InChI is InChI=1S/C23H22N6O/c30-22(15-16-5-1-2-6-16)25-18-10-8-17(9-11-18)19-12-13-21-26-27-23(29(21)28-19)20-7-3-4-14-24-20/h3-4,7-14,16H,1-2,5-6,15H2,(H,25,30). The van der Waals surface area contributed by atoms with Crippen molar-refractivity contribution in [2.75, 3.05) is 5.32 Å². The van der Waals surface area contributed by atoms with E-state index in [0.717, 1.165) is 22.6 Å². The number of nitrogens with one attached hydrogen (secondary N) is 1. The number of nitrogens with zero attached hydrogens (tertiary/aromatic N) is 5. The second-order valence-electron chi connectivity index (χ2n) is 7.71. The molecule has 150 valence electrons. The van der Waals surface area contributed by atoms with Crippen LogP contribution in [0.4, 0.5) is 5.69 Å². The van der Waals surface area contributed by atoms with Crippen molar-refractivity contribution in [3.05, 3.63) is 60.8 Å². The first kappa shape index (κ1) is 18.4. The highest BCUT2D eigenvalue weighted by molar-refractivity contribution is 5.91. The third kappa shape index (κ3) is 3.78. The highest BCUT2D eigenvalue weighted by atomic mass is 16.1. The molecular weight excluding hydrogens is 376 g/mol. The molecule has 0 spiro atoms. The molecule has 0 atom stereocenters. The lowest BCUT2D eigenvalue weighted by atomic mass is 10.0. The molecule has 1 aromatic carbocycles. The van der Waals surface area contributed by atoms with E-state index in [1.807, 2.05) is 54.6 Å². The van der Waals surface area contributed by atoms with Gasteiger partial charge in [0, 0.05) is 23.9 Å². The summed E-state index contributed by atoms with van der Waals surface area (Å²) in [6, 6.07) is 17.2. The van der Waals surface area contributed by atoms with Crippen molar-refractivity contribution >= 4 is 17.2 Å². The van der Waals surface area contributed by atoms with Crippen LogP contribution in [0.25, 0.3) is 28.4 Å². The average Bonchev–Trinajstić information content (AvgIpc) is 3.44. The molecule has 1 aliphatic carbocycles. The van der Waals surface area contributed by atoms with Gasteiger partial charge in [-0.2, -0.15) is 9.61 Å². The third-order valence-corrected chi connectivity index (χ3v) is 5.57. The summed E-state index contributed by atoms with van der Waals surface area (Å²) in [4.78, 5) is 16.6. The number of benzene rings is 1. The lowest BCUT2D eigenvalue weighted by molar-refractivity contribution is -0.117. The number of fused-ring (bicyclic) bond motifs is 1. The highest BCUT2D eigenvalue weighted by Gasteiger charge is 2.18. The third-order valence-electron chi connectivity index (χ3n) is 5.57.